The first kappa shape index (κ1) is 13.2. The average Bonchev–Trinajstić information content (AvgIpc) is 2.51. The van der Waals surface area contributed by atoms with Crippen molar-refractivity contribution in [1.29, 1.82) is 0 Å². The molecule has 0 atom stereocenters. The zero-order chi connectivity index (χ0) is 15.0. The van der Waals surface area contributed by atoms with Gasteiger partial charge in [-0.3, -0.25) is 4.79 Å². The van der Waals surface area contributed by atoms with Crippen LogP contribution in [0.3, 0.4) is 0 Å². The summed E-state index contributed by atoms with van der Waals surface area (Å²) in [4.78, 5) is 12.6. The molecule has 2 aromatic carbocycles. The SMILES string of the molecule is COc1cc(N)ccc1-c1cc2ccccc2n(C)c1=O. The van der Waals surface area contributed by atoms with Crippen LogP contribution in [0.5, 0.6) is 5.75 Å². The zero-order valence-corrected chi connectivity index (χ0v) is 12.0. The summed E-state index contributed by atoms with van der Waals surface area (Å²) in [6.07, 6.45) is 0. The summed E-state index contributed by atoms with van der Waals surface area (Å²) in [5.41, 5.74) is 8.58. The van der Waals surface area contributed by atoms with Crippen LogP contribution in [0.2, 0.25) is 0 Å². The molecule has 0 saturated carbocycles. The van der Waals surface area contributed by atoms with Crippen molar-refractivity contribution in [2.45, 2.75) is 0 Å². The number of aromatic nitrogens is 1. The highest BCUT2D eigenvalue weighted by Crippen LogP contribution is 2.31. The van der Waals surface area contributed by atoms with Gasteiger partial charge < -0.3 is 15.0 Å². The van der Waals surface area contributed by atoms with Crippen LogP contribution in [0.25, 0.3) is 22.0 Å². The summed E-state index contributed by atoms with van der Waals surface area (Å²) in [6.45, 7) is 0. The quantitative estimate of drug-likeness (QED) is 0.734. The van der Waals surface area contributed by atoms with E-state index in [2.05, 4.69) is 0 Å². The summed E-state index contributed by atoms with van der Waals surface area (Å²) < 4.78 is 7.01. The number of anilines is 1. The van der Waals surface area contributed by atoms with Crippen molar-refractivity contribution in [1.82, 2.24) is 4.57 Å². The Morgan fingerprint density at radius 2 is 1.81 bits per heavy atom. The molecule has 0 radical (unpaired) electrons. The first-order valence-corrected chi connectivity index (χ1v) is 6.64. The number of hydrogen-bond donors (Lipinski definition) is 1. The first-order valence-electron chi connectivity index (χ1n) is 6.64. The van der Waals surface area contributed by atoms with Gasteiger partial charge in [0, 0.05) is 24.4 Å². The van der Waals surface area contributed by atoms with Gasteiger partial charge in [-0.15, -0.1) is 0 Å². The predicted molar refractivity (Wildman–Crippen MR) is 85.6 cm³/mol. The summed E-state index contributed by atoms with van der Waals surface area (Å²) >= 11 is 0. The topological polar surface area (TPSA) is 57.2 Å². The number of hydrogen-bond acceptors (Lipinski definition) is 3. The second kappa shape index (κ2) is 4.98. The van der Waals surface area contributed by atoms with Gasteiger partial charge in [-0.05, 0) is 29.7 Å². The van der Waals surface area contributed by atoms with Gasteiger partial charge in [-0.25, -0.2) is 0 Å². The molecular formula is C17H16N2O2. The lowest BCUT2D eigenvalue weighted by molar-refractivity contribution is 0.416. The number of nitrogen functional groups attached to an aromatic ring is 1. The van der Waals surface area contributed by atoms with E-state index >= 15 is 0 Å². The number of pyridine rings is 1. The van der Waals surface area contributed by atoms with E-state index in [1.54, 1.807) is 30.9 Å². The molecule has 0 spiro atoms. The number of para-hydroxylation sites is 1. The van der Waals surface area contributed by atoms with Gasteiger partial charge in [0.1, 0.15) is 5.75 Å². The third kappa shape index (κ3) is 2.14. The number of rotatable bonds is 2. The number of nitrogens with two attached hydrogens (primary N) is 1. The van der Waals surface area contributed by atoms with Gasteiger partial charge in [-0.2, -0.15) is 0 Å². The number of nitrogens with zero attached hydrogens (tertiary/aromatic N) is 1. The van der Waals surface area contributed by atoms with Crippen LogP contribution in [0, 0.1) is 0 Å². The molecule has 2 N–H and O–H groups in total. The lowest BCUT2D eigenvalue weighted by Crippen LogP contribution is -2.19. The number of benzene rings is 2. The molecule has 0 bridgehead atoms. The Kier molecular flexibility index (Phi) is 3.14. The van der Waals surface area contributed by atoms with Crippen molar-refractivity contribution < 1.29 is 4.74 Å². The highest BCUT2D eigenvalue weighted by molar-refractivity contribution is 5.85. The molecule has 21 heavy (non-hydrogen) atoms. The van der Waals surface area contributed by atoms with Crippen LogP contribution in [-0.4, -0.2) is 11.7 Å². The number of ether oxygens (including phenoxy) is 1. The molecule has 4 heteroatoms. The molecule has 0 saturated heterocycles. The van der Waals surface area contributed by atoms with Crippen molar-refractivity contribution in [2.24, 2.45) is 7.05 Å². The van der Waals surface area contributed by atoms with Crippen LogP contribution < -0.4 is 16.0 Å². The van der Waals surface area contributed by atoms with Gasteiger partial charge in [0.05, 0.1) is 18.2 Å². The van der Waals surface area contributed by atoms with Crippen molar-refractivity contribution in [3.63, 3.8) is 0 Å². The van der Waals surface area contributed by atoms with Crippen molar-refractivity contribution >= 4 is 16.6 Å². The minimum atomic E-state index is -0.0585. The maximum absolute atomic E-state index is 12.6. The summed E-state index contributed by atoms with van der Waals surface area (Å²) in [5.74, 6) is 0.599. The minimum absolute atomic E-state index is 0.0585. The summed E-state index contributed by atoms with van der Waals surface area (Å²) in [5, 5.41) is 1.01. The molecule has 0 amide bonds. The molecule has 0 unspecified atom stereocenters. The van der Waals surface area contributed by atoms with Crippen molar-refractivity contribution in [3.8, 4) is 16.9 Å². The average molecular weight is 280 g/mol. The monoisotopic (exact) mass is 280 g/mol. The first-order chi connectivity index (χ1) is 10.1. The standard InChI is InChI=1S/C17H16N2O2/c1-19-15-6-4-3-5-11(15)9-14(17(19)20)13-8-7-12(18)10-16(13)21-2/h3-10H,18H2,1-2H3. The predicted octanol–water partition coefficient (Wildman–Crippen LogP) is 2.80. The lowest BCUT2D eigenvalue weighted by atomic mass is 10.0. The molecule has 0 aliphatic carbocycles. The molecule has 0 aliphatic rings. The smallest absolute Gasteiger partial charge is 0.258 e. The molecule has 0 fully saturated rings. The summed E-state index contributed by atoms with van der Waals surface area (Å²) in [6, 6.07) is 15.0. The van der Waals surface area contributed by atoms with Crippen molar-refractivity contribution in [3.05, 3.63) is 58.9 Å². The number of aryl methyl sites for hydroxylation is 1. The van der Waals surface area contributed by atoms with Crippen LogP contribution in [0.15, 0.2) is 53.3 Å². The Balaban J connectivity index is 2.36. The van der Waals surface area contributed by atoms with Gasteiger partial charge in [-0.1, -0.05) is 18.2 Å². The minimum Gasteiger partial charge on any atom is -0.496 e. The van der Waals surface area contributed by atoms with Crippen molar-refractivity contribution in [2.75, 3.05) is 12.8 Å². The molecule has 3 rings (SSSR count). The second-order valence-corrected chi connectivity index (χ2v) is 4.94. The Morgan fingerprint density at radius 1 is 1.05 bits per heavy atom. The molecular weight excluding hydrogens is 264 g/mol. The normalized spacial score (nSPS) is 10.8. The Labute approximate surface area is 122 Å². The fraction of sp³-hybridized carbons (Fsp3) is 0.118. The van der Waals surface area contributed by atoms with E-state index in [0.717, 1.165) is 16.5 Å². The maximum atomic E-state index is 12.6. The van der Waals surface area contributed by atoms with Crippen LogP contribution in [0.4, 0.5) is 5.69 Å². The number of fused-ring (bicyclic) bond motifs is 1. The zero-order valence-electron chi connectivity index (χ0n) is 12.0. The van der Waals surface area contributed by atoms with Gasteiger partial charge in [0.15, 0.2) is 0 Å². The Hall–Kier alpha value is -2.75. The van der Waals surface area contributed by atoms with Gasteiger partial charge in [0.2, 0.25) is 0 Å². The van der Waals surface area contributed by atoms with Gasteiger partial charge in [0.25, 0.3) is 5.56 Å². The molecule has 4 nitrogen and oxygen atoms in total. The van der Waals surface area contributed by atoms with E-state index in [4.69, 9.17) is 10.5 Å². The fourth-order valence-corrected chi connectivity index (χ4v) is 2.55. The fourth-order valence-electron chi connectivity index (χ4n) is 2.55. The molecule has 106 valence electrons. The highest BCUT2D eigenvalue weighted by atomic mass is 16.5. The summed E-state index contributed by atoms with van der Waals surface area (Å²) in [7, 11) is 3.35. The molecule has 1 aromatic heterocycles. The van der Waals surface area contributed by atoms with E-state index in [-0.39, 0.29) is 5.56 Å². The molecule has 3 aromatic rings. The lowest BCUT2D eigenvalue weighted by Gasteiger charge is -2.12. The third-order valence-electron chi connectivity index (χ3n) is 3.65. The Morgan fingerprint density at radius 3 is 2.57 bits per heavy atom. The largest absolute Gasteiger partial charge is 0.496 e. The molecule has 1 heterocycles. The maximum Gasteiger partial charge on any atom is 0.258 e. The van der Waals surface area contributed by atoms with Crippen LogP contribution >= 0.6 is 0 Å². The van der Waals surface area contributed by atoms with E-state index in [9.17, 15) is 4.79 Å². The van der Waals surface area contributed by atoms with E-state index < -0.39 is 0 Å². The Bertz CT molecular complexity index is 882. The van der Waals surface area contributed by atoms with E-state index in [0.29, 0.717) is 17.0 Å². The van der Waals surface area contributed by atoms with E-state index in [1.165, 1.54) is 0 Å². The number of methoxy groups -OCH3 is 1. The second-order valence-electron chi connectivity index (χ2n) is 4.94. The van der Waals surface area contributed by atoms with E-state index in [1.807, 2.05) is 36.4 Å². The van der Waals surface area contributed by atoms with Crippen LogP contribution in [-0.2, 0) is 7.05 Å². The third-order valence-corrected chi connectivity index (χ3v) is 3.65. The van der Waals surface area contributed by atoms with Crippen LogP contribution in [0.1, 0.15) is 0 Å². The molecule has 0 aliphatic heterocycles. The highest BCUT2D eigenvalue weighted by Gasteiger charge is 2.13. The van der Waals surface area contributed by atoms with Gasteiger partial charge >= 0.3 is 0 Å².